The van der Waals surface area contributed by atoms with Crippen LogP contribution in [0.3, 0.4) is 0 Å². The minimum absolute atomic E-state index is 0.156. The number of anilines is 1. The zero-order chi connectivity index (χ0) is 21.0. The average molecular weight is 414 g/mol. The van der Waals surface area contributed by atoms with E-state index in [4.69, 9.17) is 21.6 Å². The number of nitrogens with zero attached hydrogens (tertiary/aromatic N) is 4. The first-order valence-electron chi connectivity index (χ1n) is 9.53. The summed E-state index contributed by atoms with van der Waals surface area (Å²) in [4.78, 5) is 22.8. The van der Waals surface area contributed by atoms with Gasteiger partial charge in [-0.25, -0.2) is 14.8 Å². The van der Waals surface area contributed by atoms with Gasteiger partial charge < -0.3 is 15.0 Å². The Morgan fingerprint density at radius 1 is 1.28 bits per heavy atom. The zero-order valence-electron chi connectivity index (χ0n) is 16.8. The summed E-state index contributed by atoms with van der Waals surface area (Å²) in [6.07, 6.45) is 2.84. The molecule has 3 rings (SSSR count). The number of nitriles is 1. The summed E-state index contributed by atoms with van der Waals surface area (Å²) in [5.41, 5.74) is 1.51. The minimum atomic E-state index is -0.495. The van der Waals surface area contributed by atoms with Gasteiger partial charge in [0.25, 0.3) is 0 Å². The van der Waals surface area contributed by atoms with Gasteiger partial charge in [-0.1, -0.05) is 23.7 Å². The quantitative estimate of drug-likeness (QED) is 0.797. The minimum Gasteiger partial charge on any atom is -0.444 e. The number of benzene rings is 1. The van der Waals surface area contributed by atoms with E-state index in [1.807, 2.05) is 32.9 Å². The van der Waals surface area contributed by atoms with E-state index in [1.54, 1.807) is 23.2 Å². The van der Waals surface area contributed by atoms with E-state index < -0.39 is 5.60 Å². The topological polar surface area (TPSA) is 91.1 Å². The molecule has 1 saturated heterocycles. The first kappa shape index (κ1) is 20.9. The van der Waals surface area contributed by atoms with Crippen molar-refractivity contribution in [2.45, 2.75) is 45.3 Å². The molecular weight excluding hydrogens is 390 g/mol. The molecule has 2 aromatic rings. The highest BCUT2D eigenvalue weighted by molar-refractivity contribution is 6.32. The van der Waals surface area contributed by atoms with Crippen molar-refractivity contribution in [2.24, 2.45) is 0 Å². The number of ether oxygens (including phenoxy) is 1. The summed E-state index contributed by atoms with van der Waals surface area (Å²) in [7, 11) is 0. The third-order valence-corrected chi connectivity index (χ3v) is 4.79. The number of carbonyl (C=O) groups excluding carboxylic acids is 1. The van der Waals surface area contributed by atoms with Crippen LogP contribution in [0.1, 0.15) is 39.2 Å². The molecule has 0 radical (unpaired) electrons. The van der Waals surface area contributed by atoms with Crippen molar-refractivity contribution in [2.75, 3.05) is 18.4 Å². The Bertz CT molecular complexity index is 910. The van der Waals surface area contributed by atoms with Crippen LogP contribution in [0.4, 0.5) is 10.7 Å². The normalized spacial score (nSPS) is 14.9. The summed E-state index contributed by atoms with van der Waals surface area (Å²) < 4.78 is 5.43. The molecule has 152 valence electrons. The largest absolute Gasteiger partial charge is 0.444 e. The molecule has 8 heteroatoms. The molecule has 1 N–H and O–H groups in total. The van der Waals surface area contributed by atoms with Gasteiger partial charge in [0.1, 0.15) is 5.60 Å². The Labute approximate surface area is 175 Å². The summed E-state index contributed by atoms with van der Waals surface area (Å²) >= 11 is 6.28. The molecule has 0 spiro atoms. The van der Waals surface area contributed by atoms with E-state index >= 15 is 0 Å². The maximum Gasteiger partial charge on any atom is 0.410 e. The molecule has 1 aromatic carbocycles. The van der Waals surface area contributed by atoms with E-state index in [0.717, 1.165) is 18.4 Å². The number of nitrogens with one attached hydrogen (secondary N) is 1. The van der Waals surface area contributed by atoms with Crippen molar-refractivity contribution >= 4 is 23.6 Å². The smallest absolute Gasteiger partial charge is 0.410 e. The van der Waals surface area contributed by atoms with Crippen LogP contribution in [0, 0.1) is 11.3 Å². The van der Waals surface area contributed by atoms with Gasteiger partial charge in [-0.3, -0.25) is 0 Å². The maximum absolute atomic E-state index is 12.2. The molecule has 7 nitrogen and oxygen atoms in total. The molecule has 0 saturated carbocycles. The molecule has 1 aliphatic heterocycles. The van der Waals surface area contributed by atoms with Crippen LogP contribution in [-0.2, 0) is 4.74 Å². The Morgan fingerprint density at radius 3 is 2.52 bits per heavy atom. The van der Waals surface area contributed by atoms with E-state index in [9.17, 15) is 4.79 Å². The molecule has 29 heavy (non-hydrogen) atoms. The lowest BCUT2D eigenvalue weighted by molar-refractivity contribution is 0.0210. The molecule has 1 amide bonds. The van der Waals surface area contributed by atoms with Crippen molar-refractivity contribution in [3.8, 4) is 17.3 Å². The van der Waals surface area contributed by atoms with Crippen LogP contribution in [0.25, 0.3) is 11.3 Å². The first-order chi connectivity index (χ1) is 13.7. The molecule has 0 atom stereocenters. The fourth-order valence-electron chi connectivity index (χ4n) is 3.06. The highest BCUT2D eigenvalue weighted by Gasteiger charge is 2.27. The number of rotatable bonds is 3. The van der Waals surface area contributed by atoms with Crippen molar-refractivity contribution in [1.82, 2.24) is 14.9 Å². The molecule has 0 unspecified atom stereocenters. The number of hydrogen-bond donors (Lipinski definition) is 1. The lowest BCUT2D eigenvalue weighted by atomic mass is 10.1. The Morgan fingerprint density at radius 2 is 1.93 bits per heavy atom. The summed E-state index contributed by atoms with van der Waals surface area (Å²) in [5.74, 6) is 0.490. The van der Waals surface area contributed by atoms with Gasteiger partial charge >= 0.3 is 6.09 Å². The molecule has 0 aliphatic carbocycles. The monoisotopic (exact) mass is 413 g/mol. The molecule has 0 bridgehead atoms. The highest BCUT2D eigenvalue weighted by atomic mass is 35.5. The van der Waals surface area contributed by atoms with E-state index in [1.165, 1.54) is 0 Å². The van der Waals surface area contributed by atoms with Crippen LogP contribution in [0.5, 0.6) is 0 Å². The SMILES string of the molecule is CC(C)(C)OC(=O)N1CCC(Nc2ncc(Cl)c(-c3ccc(C#N)cc3)n2)CC1. The van der Waals surface area contributed by atoms with E-state index in [-0.39, 0.29) is 12.1 Å². The highest BCUT2D eigenvalue weighted by Crippen LogP contribution is 2.27. The Hall–Kier alpha value is -2.85. The van der Waals surface area contributed by atoms with Crippen molar-refractivity contribution in [3.63, 3.8) is 0 Å². The van der Waals surface area contributed by atoms with Gasteiger partial charge in [-0.2, -0.15) is 5.26 Å². The number of halogens is 1. The fraction of sp³-hybridized carbons (Fsp3) is 0.429. The number of likely N-dealkylation sites (tertiary alicyclic amines) is 1. The predicted molar refractivity (Wildman–Crippen MR) is 112 cm³/mol. The van der Waals surface area contributed by atoms with Gasteiger partial charge in [0.05, 0.1) is 28.5 Å². The van der Waals surface area contributed by atoms with Crippen molar-refractivity contribution < 1.29 is 9.53 Å². The molecule has 1 aromatic heterocycles. The Balaban J connectivity index is 1.63. The second kappa shape index (κ2) is 8.66. The van der Waals surface area contributed by atoms with Crippen LogP contribution >= 0.6 is 11.6 Å². The average Bonchev–Trinajstić information content (AvgIpc) is 2.69. The van der Waals surface area contributed by atoms with Gasteiger partial charge in [-0.15, -0.1) is 0 Å². The number of amides is 1. The lowest BCUT2D eigenvalue weighted by Crippen LogP contribution is -2.44. The van der Waals surface area contributed by atoms with Crippen LogP contribution in [0.15, 0.2) is 30.5 Å². The van der Waals surface area contributed by atoms with Gasteiger partial charge in [0, 0.05) is 24.7 Å². The molecule has 1 aliphatic rings. The third kappa shape index (κ3) is 5.58. The van der Waals surface area contributed by atoms with E-state index in [0.29, 0.717) is 35.3 Å². The number of hydrogen-bond acceptors (Lipinski definition) is 6. The maximum atomic E-state index is 12.2. The molecule has 1 fully saturated rings. The summed E-state index contributed by atoms with van der Waals surface area (Å²) in [6.45, 7) is 6.82. The summed E-state index contributed by atoms with van der Waals surface area (Å²) in [5, 5.41) is 12.7. The number of carbonyl (C=O) groups is 1. The molecule has 2 heterocycles. The van der Waals surface area contributed by atoms with Crippen molar-refractivity contribution in [1.29, 1.82) is 5.26 Å². The van der Waals surface area contributed by atoms with Gasteiger partial charge in [0.2, 0.25) is 5.95 Å². The predicted octanol–water partition coefficient (Wildman–Crippen LogP) is 4.48. The second-order valence-corrected chi connectivity index (χ2v) is 8.37. The lowest BCUT2D eigenvalue weighted by Gasteiger charge is -2.33. The standard InChI is InChI=1S/C21H24ClN5O2/c1-21(2,3)29-20(28)27-10-8-16(9-11-27)25-19-24-13-17(22)18(26-19)15-6-4-14(12-23)5-7-15/h4-7,13,16H,8-11H2,1-3H3,(H,24,25,26). The van der Waals surface area contributed by atoms with Crippen LogP contribution in [0.2, 0.25) is 5.02 Å². The summed E-state index contributed by atoms with van der Waals surface area (Å²) in [6, 6.07) is 9.34. The van der Waals surface area contributed by atoms with Crippen LogP contribution < -0.4 is 5.32 Å². The van der Waals surface area contributed by atoms with Crippen LogP contribution in [-0.4, -0.2) is 45.7 Å². The third-order valence-electron chi connectivity index (χ3n) is 4.51. The Kier molecular flexibility index (Phi) is 6.23. The van der Waals surface area contributed by atoms with Gasteiger partial charge in [-0.05, 0) is 45.7 Å². The number of piperidine rings is 1. The van der Waals surface area contributed by atoms with Crippen molar-refractivity contribution in [3.05, 3.63) is 41.0 Å². The fourth-order valence-corrected chi connectivity index (χ4v) is 3.26. The van der Waals surface area contributed by atoms with E-state index in [2.05, 4.69) is 21.4 Å². The van der Waals surface area contributed by atoms with Gasteiger partial charge in [0.15, 0.2) is 0 Å². The second-order valence-electron chi connectivity index (χ2n) is 7.97. The molecular formula is C21H24ClN5O2. The number of aromatic nitrogens is 2. The zero-order valence-corrected chi connectivity index (χ0v) is 17.5. The first-order valence-corrected chi connectivity index (χ1v) is 9.90.